The third kappa shape index (κ3) is 3.54. The van der Waals surface area contributed by atoms with Crippen LogP contribution in [0.4, 0.5) is 0 Å². The van der Waals surface area contributed by atoms with Crippen molar-refractivity contribution in [3.63, 3.8) is 0 Å². The van der Waals surface area contributed by atoms with E-state index in [-0.39, 0.29) is 18.0 Å². The molecule has 1 aromatic heterocycles. The summed E-state index contributed by atoms with van der Waals surface area (Å²) in [4.78, 5) is 13.1. The summed E-state index contributed by atoms with van der Waals surface area (Å²) >= 11 is 1.74. The first-order valence-corrected chi connectivity index (χ1v) is 7.18. The molecule has 2 atom stereocenters. The molecule has 2 N–H and O–H groups in total. The van der Waals surface area contributed by atoms with Crippen molar-refractivity contribution < 1.29 is 4.79 Å². The summed E-state index contributed by atoms with van der Waals surface area (Å²) in [6.45, 7) is 4.08. The molecule has 0 radical (unpaired) electrons. The van der Waals surface area contributed by atoms with Crippen molar-refractivity contribution in [2.45, 2.75) is 51.2 Å². The molecule has 1 fully saturated rings. The maximum absolute atomic E-state index is 11.8. The molecule has 1 heterocycles. The van der Waals surface area contributed by atoms with E-state index >= 15 is 0 Å². The summed E-state index contributed by atoms with van der Waals surface area (Å²) in [6, 6.07) is 4.78. The zero-order valence-electron chi connectivity index (χ0n) is 10.4. The molecule has 0 aromatic carbocycles. The molecule has 1 aliphatic rings. The Morgan fingerprint density at radius 1 is 1.59 bits per heavy atom. The number of carbonyl (C=O) groups excluding carboxylic acids is 1. The van der Waals surface area contributed by atoms with Crippen LogP contribution in [0, 0.1) is 0 Å². The van der Waals surface area contributed by atoms with Gasteiger partial charge in [0.2, 0.25) is 5.91 Å². The summed E-state index contributed by atoms with van der Waals surface area (Å²) in [5, 5.41) is 8.51. The van der Waals surface area contributed by atoms with Crippen LogP contribution in [0.25, 0.3) is 0 Å². The highest BCUT2D eigenvalue weighted by atomic mass is 32.1. The fourth-order valence-electron chi connectivity index (χ4n) is 1.82. The Labute approximate surface area is 107 Å². The van der Waals surface area contributed by atoms with E-state index < -0.39 is 0 Å². The summed E-state index contributed by atoms with van der Waals surface area (Å²) in [5.41, 5.74) is 0. The Hall–Kier alpha value is -0.870. The number of hydrogen-bond donors (Lipinski definition) is 2. The van der Waals surface area contributed by atoms with Gasteiger partial charge in [-0.15, -0.1) is 11.3 Å². The van der Waals surface area contributed by atoms with Crippen molar-refractivity contribution in [2.24, 2.45) is 0 Å². The third-order valence-electron chi connectivity index (χ3n) is 3.06. The average Bonchev–Trinajstić information content (AvgIpc) is 2.97. The van der Waals surface area contributed by atoms with Crippen LogP contribution >= 0.6 is 11.3 Å². The predicted molar refractivity (Wildman–Crippen MR) is 71.1 cm³/mol. The van der Waals surface area contributed by atoms with Crippen LogP contribution in [0.1, 0.15) is 44.0 Å². The zero-order valence-corrected chi connectivity index (χ0v) is 11.2. The van der Waals surface area contributed by atoms with Gasteiger partial charge in [-0.25, -0.2) is 0 Å². The van der Waals surface area contributed by atoms with Crippen molar-refractivity contribution in [2.75, 3.05) is 0 Å². The molecular weight excluding hydrogens is 232 g/mol. The van der Waals surface area contributed by atoms with Gasteiger partial charge in [-0.3, -0.25) is 10.1 Å². The fraction of sp³-hybridized carbons (Fsp3) is 0.615. The molecule has 1 saturated carbocycles. The maximum Gasteiger partial charge on any atom is 0.237 e. The molecule has 1 amide bonds. The standard InChI is InChI=1S/C13H20N2OS/c1-3-11(12-5-4-8-17-12)14-9(2)13(16)15-10-6-7-10/h4-5,8-11,14H,3,6-7H2,1-2H3,(H,15,16). The lowest BCUT2D eigenvalue weighted by Gasteiger charge is -2.20. The van der Waals surface area contributed by atoms with E-state index in [0.717, 1.165) is 19.3 Å². The molecule has 1 aromatic rings. The zero-order chi connectivity index (χ0) is 12.3. The van der Waals surface area contributed by atoms with Crippen LogP contribution < -0.4 is 10.6 Å². The van der Waals surface area contributed by atoms with Crippen LogP contribution in [0.15, 0.2) is 17.5 Å². The fourth-order valence-corrected chi connectivity index (χ4v) is 2.69. The minimum atomic E-state index is -0.123. The first-order chi connectivity index (χ1) is 8.20. The Kier molecular flexibility index (Phi) is 4.18. The molecule has 2 rings (SSSR count). The molecule has 0 aliphatic heterocycles. The van der Waals surface area contributed by atoms with Crippen LogP contribution in [0.2, 0.25) is 0 Å². The Bertz CT molecular complexity index is 360. The molecule has 0 saturated heterocycles. The van der Waals surface area contributed by atoms with Crippen LogP contribution in [0.3, 0.4) is 0 Å². The van der Waals surface area contributed by atoms with E-state index in [2.05, 4.69) is 35.1 Å². The summed E-state index contributed by atoms with van der Waals surface area (Å²) in [7, 11) is 0. The maximum atomic E-state index is 11.8. The minimum absolute atomic E-state index is 0.123. The molecular formula is C13H20N2OS. The normalized spacial score (nSPS) is 18.7. The molecule has 2 unspecified atom stereocenters. The van der Waals surface area contributed by atoms with Gasteiger partial charge in [0, 0.05) is 17.0 Å². The van der Waals surface area contributed by atoms with Crippen LogP contribution in [-0.2, 0) is 4.79 Å². The second kappa shape index (κ2) is 5.65. The number of amides is 1. The highest BCUT2D eigenvalue weighted by Crippen LogP contribution is 2.22. The largest absolute Gasteiger partial charge is 0.352 e. The summed E-state index contributed by atoms with van der Waals surface area (Å²) in [5.74, 6) is 0.127. The van der Waals surface area contributed by atoms with E-state index in [9.17, 15) is 4.79 Å². The van der Waals surface area contributed by atoms with Crippen molar-refractivity contribution >= 4 is 17.2 Å². The first kappa shape index (κ1) is 12.6. The van der Waals surface area contributed by atoms with Gasteiger partial charge in [-0.1, -0.05) is 13.0 Å². The third-order valence-corrected chi connectivity index (χ3v) is 4.05. The second-order valence-electron chi connectivity index (χ2n) is 4.65. The first-order valence-electron chi connectivity index (χ1n) is 6.30. The average molecular weight is 252 g/mol. The minimum Gasteiger partial charge on any atom is -0.352 e. The van der Waals surface area contributed by atoms with Gasteiger partial charge >= 0.3 is 0 Å². The van der Waals surface area contributed by atoms with Gasteiger partial charge in [0.25, 0.3) is 0 Å². The molecule has 17 heavy (non-hydrogen) atoms. The van der Waals surface area contributed by atoms with E-state index in [1.165, 1.54) is 4.88 Å². The van der Waals surface area contributed by atoms with E-state index in [1.54, 1.807) is 11.3 Å². The smallest absolute Gasteiger partial charge is 0.237 e. The molecule has 4 heteroatoms. The SMILES string of the molecule is CCC(NC(C)C(=O)NC1CC1)c1cccs1. The lowest BCUT2D eigenvalue weighted by Crippen LogP contribution is -2.44. The van der Waals surface area contributed by atoms with Gasteiger partial charge in [0.15, 0.2) is 0 Å². The monoisotopic (exact) mass is 252 g/mol. The molecule has 1 aliphatic carbocycles. The summed E-state index contributed by atoms with van der Waals surface area (Å²) < 4.78 is 0. The van der Waals surface area contributed by atoms with Crippen molar-refractivity contribution in [3.05, 3.63) is 22.4 Å². The van der Waals surface area contributed by atoms with Crippen molar-refractivity contribution in [1.82, 2.24) is 10.6 Å². The van der Waals surface area contributed by atoms with Gasteiger partial charge in [0.05, 0.1) is 6.04 Å². The molecule has 0 spiro atoms. The van der Waals surface area contributed by atoms with Gasteiger partial charge in [0.1, 0.15) is 0 Å². The molecule has 0 bridgehead atoms. The highest BCUT2D eigenvalue weighted by molar-refractivity contribution is 7.10. The number of nitrogens with one attached hydrogen (secondary N) is 2. The van der Waals surface area contributed by atoms with Crippen LogP contribution in [-0.4, -0.2) is 18.0 Å². The molecule has 94 valence electrons. The van der Waals surface area contributed by atoms with E-state index in [1.807, 2.05) is 6.92 Å². The van der Waals surface area contributed by atoms with Crippen molar-refractivity contribution in [3.8, 4) is 0 Å². The number of carbonyl (C=O) groups is 1. The Morgan fingerprint density at radius 2 is 2.35 bits per heavy atom. The Balaban J connectivity index is 1.86. The number of hydrogen-bond acceptors (Lipinski definition) is 3. The predicted octanol–water partition coefficient (Wildman–Crippen LogP) is 2.46. The number of thiophene rings is 1. The van der Waals surface area contributed by atoms with E-state index in [4.69, 9.17) is 0 Å². The van der Waals surface area contributed by atoms with Crippen molar-refractivity contribution in [1.29, 1.82) is 0 Å². The topological polar surface area (TPSA) is 41.1 Å². The number of rotatable bonds is 6. The van der Waals surface area contributed by atoms with Gasteiger partial charge in [-0.05, 0) is 37.6 Å². The lowest BCUT2D eigenvalue weighted by molar-refractivity contribution is -0.123. The van der Waals surface area contributed by atoms with E-state index in [0.29, 0.717) is 6.04 Å². The Morgan fingerprint density at radius 3 is 2.88 bits per heavy atom. The molecule has 3 nitrogen and oxygen atoms in total. The van der Waals surface area contributed by atoms with Gasteiger partial charge < -0.3 is 5.32 Å². The van der Waals surface area contributed by atoms with Gasteiger partial charge in [-0.2, -0.15) is 0 Å². The van der Waals surface area contributed by atoms with Crippen LogP contribution in [0.5, 0.6) is 0 Å². The summed E-state index contributed by atoms with van der Waals surface area (Å²) in [6.07, 6.45) is 3.28. The lowest BCUT2D eigenvalue weighted by atomic mass is 10.1. The second-order valence-corrected chi connectivity index (χ2v) is 5.63. The highest BCUT2D eigenvalue weighted by Gasteiger charge is 2.26. The quantitative estimate of drug-likeness (QED) is 0.816.